The van der Waals surface area contributed by atoms with Crippen LogP contribution in [0.5, 0.6) is 0 Å². The summed E-state index contributed by atoms with van der Waals surface area (Å²) < 4.78 is 0. The Labute approximate surface area is 122 Å². The van der Waals surface area contributed by atoms with Gasteiger partial charge in [0.05, 0.1) is 5.52 Å². The van der Waals surface area contributed by atoms with Crippen molar-refractivity contribution in [1.29, 1.82) is 0 Å². The predicted molar refractivity (Wildman–Crippen MR) is 79.7 cm³/mol. The molecule has 0 radical (unpaired) electrons. The first kappa shape index (κ1) is 13.2. The first-order valence-electron chi connectivity index (χ1n) is 6.63. The summed E-state index contributed by atoms with van der Waals surface area (Å²) in [5.41, 5.74) is 3.16. The minimum atomic E-state index is -0.241. The van der Waals surface area contributed by atoms with Gasteiger partial charge in [0.15, 0.2) is 5.69 Å². The fourth-order valence-corrected chi connectivity index (χ4v) is 2.05. The molecule has 3 aromatic rings. The first-order chi connectivity index (χ1) is 10.2. The van der Waals surface area contributed by atoms with Gasteiger partial charge in [0.25, 0.3) is 5.91 Å². The average molecular weight is 278 g/mol. The molecule has 1 N–H and O–H groups in total. The van der Waals surface area contributed by atoms with Crippen LogP contribution in [0.2, 0.25) is 0 Å². The van der Waals surface area contributed by atoms with Crippen molar-refractivity contribution >= 4 is 16.8 Å². The van der Waals surface area contributed by atoms with Gasteiger partial charge in [0, 0.05) is 24.3 Å². The zero-order valence-corrected chi connectivity index (χ0v) is 11.6. The van der Waals surface area contributed by atoms with Crippen LogP contribution < -0.4 is 5.32 Å². The summed E-state index contributed by atoms with van der Waals surface area (Å²) in [5, 5.41) is 11.8. The molecule has 0 aliphatic heterocycles. The fraction of sp³-hybridized carbons (Fsp3) is 0.125. The molecular weight excluding hydrogens is 264 g/mol. The number of carbonyl (C=O) groups is 1. The lowest BCUT2D eigenvalue weighted by atomic mass is 10.1. The van der Waals surface area contributed by atoms with Crippen molar-refractivity contribution in [3.63, 3.8) is 0 Å². The van der Waals surface area contributed by atoms with E-state index in [0.29, 0.717) is 12.2 Å². The van der Waals surface area contributed by atoms with Crippen molar-refractivity contribution in [3.05, 3.63) is 65.6 Å². The third-order valence-electron chi connectivity index (χ3n) is 3.15. The normalized spacial score (nSPS) is 10.5. The van der Waals surface area contributed by atoms with E-state index in [-0.39, 0.29) is 5.91 Å². The molecule has 0 unspecified atom stereocenters. The second kappa shape index (κ2) is 5.66. The van der Waals surface area contributed by atoms with Crippen LogP contribution in [0.25, 0.3) is 10.9 Å². The van der Waals surface area contributed by atoms with E-state index in [1.54, 1.807) is 18.5 Å². The van der Waals surface area contributed by atoms with Gasteiger partial charge in [-0.05, 0) is 36.8 Å². The SMILES string of the molecule is Cc1ccc2nnc(C(=O)NCc3cccnc3)cc2c1. The number of hydrogen-bond acceptors (Lipinski definition) is 4. The number of rotatable bonds is 3. The number of nitrogens with one attached hydrogen (secondary N) is 1. The molecule has 0 saturated carbocycles. The predicted octanol–water partition coefficient (Wildman–Crippen LogP) is 2.26. The maximum absolute atomic E-state index is 12.1. The Kier molecular flexibility index (Phi) is 3.55. The van der Waals surface area contributed by atoms with Crippen LogP contribution >= 0.6 is 0 Å². The molecule has 5 heteroatoms. The highest BCUT2D eigenvalue weighted by Crippen LogP contribution is 2.13. The number of hydrogen-bond donors (Lipinski definition) is 1. The van der Waals surface area contributed by atoms with Crippen LogP contribution in [0.3, 0.4) is 0 Å². The van der Waals surface area contributed by atoms with Crippen LogP contribution in [0.1, 0.15) is 21.6 Å². The van der Waals surface area contributed by atoms with Crippen LogP contribution in [-0.4, -0.2) is 21.1 Å². The molecule has 21 heavy (non-hydrogen) atoms. The zero-order chi connectivity index (χ0) is 14.7. The summed E-state index contributed by atoms with van der Waals surface area (Å²) in [6, 6.07) is 11.4. The highest BCUT2D eigenvalue weighted by molar-refractivity contribution is 5.95. The molecule has 0 spiro atoms. The van der Waals surface area contributed by atoms with Crippen molar-refractivity contribution in [3.8, 4) is 0 Å². The maximum atomic E-state index is 12.1. The number of benzene rings is 1. The molecular formula is C16H14N4O. The molecule has 0 aliphatic rings. The smallest absolute Gasteiger partial charge is 0.272 e. The maximum Gasteiger partial charge on any atom is 0.272 e. The monoisotopic (exact) mass is 278 g/mol. The van der Waals surface area contributed by atoms with Gasteiger partial charge in [-0.15, -0.1) is 10.2 Å². The lowest BCUT2D eigenvalue weighted by Crippen LogP contribution is -2.24. The molecule has 104 valence electrons. The Balaban J connectivity index is 1.78. The summed E-state index contributed by atoms with van der Waals surface area (Å²) in [4.78, 5) is 16.1. The Bertz CT molecular complexity index is 787. The number of aryl methyl sites for hydroxylation is 1. The van der Waals surface area contributed by atoms with E-state index < -0.39 is 0 Å². The number of nitrogens with zero attached hydrogens (tertiary/aromatic N) is 3. The number of carbonyl (C=O) groups excluding carboxylic acids is 1. The standard InChI is InChI=1S/C16H14N4O/c1-11-4-5-14-13(7-11)8-15(20-19-14)16(21)18-10-12-3-2-6-17-9-12/h2-9H,10H2,1H3,(H,18,21). The van der Waals surface area contributed by atoms with Crippen molar-refractivity contribution in [2.45, 2.75) is 13.5 Å². The molecule has 1 aromatic carbocycles. The van der Waals surface area contributed by atoms with E-state index in [9.17, 15) is 4.79 Å². The minimum Gasteiger partial charge on any atom is -0.347 e. The van der Waals surface area contributed by atoms with Gasteiger partial charge in [-0.1, -0.05) is 17.7 Å². The second-order valence-corrected chi connectivity index (χ2v) is 4.84. The zero-order valence-electron chi connectivity index (χ0n) is 11.6. The van der Waals surface area contributed by atoms with Crippen molar-refractivity contribution in [2.24, 2.45) is 0 Å². The van der Waals surface area contributed by atoms with E-state index >= 15 is 0 Å². The van der Waals surface area contributed by atoms with Crippen LogP contribution in [-0.2, 0) is 6.54 Å². The summed E-state index contributed by atoms with van der Waals surface area (Å²) in [5.74, 6) is -0.241. The first-order valence-corrected chi connectivity index (χ1v) is 6.63. The lowest BCUT2D eigenvalue weighted by Gasteiger charge is -2.05. The number of amides is 1. The van der Waals surface area contributed by atoms with E-state index in [1.165, 1.54) is 0 Å². The molecule has 2 heterocycles. The quantitative estimate of drug-likeness (QED) is 0.798. The summed E-state index contributed by atoms with van der Waals surface area (Å²) >= 11 is 0. The van der Waals surface area contributed by atoms with Gasteiger partial charge in [-0.3, -0.25) is 9.78 Å². The summed E-state index contributed by atoms with van der Waals surface area (Å²) in [6.45, 7) is 2.42. The van der Waals surface area contributed by atoms with Gasteiger partial charge >= 0.3 is 0 Å². The molecule has 0 bridgehead atoms. The van der Waals surface area contributed by atoms with Crippen LogP contribution in [0.4, 0.5) is 0 Å². The fourth-order valence-electron chi connectivity index (χ4n) is 2.05. The average Bonchev–Trinajstić information content (AvgIpc) is 2.53. The van der Waals surface area contributed by atoms with Gasteiger partial charge in [0.2, 0.25) is 0 Å². The minimum absolute atomic E-state index is 0.241. The summed E-state index contributed by atoms with van der Waals surface area (Å²) in [6.07, 6.45) is 3.41. The van der Waals surface area contributed by atoms with Gasteiger partial charge in [-0.25, -0.2) is 0 Å². The number of pyridine rings is 1. The van der Waals surface area contributed by atoms with Gasteiger partial charge in [-0.2, -0.15) is 0 Å². The van der Waals surface area contributed by atoms with E-state index in [2.05, 4.69) is 20.5 Å². The number of aromatic nitrogens is 3. The molecule has 0 atom stereocenters. The van der Waals surface area contributed by atoms with Crippen LogP contribution in [0.15, 0.2) is 48.8 Å². The largest absolute Gasteiger partial charge is 0.347 e. The van der Waals surface area contributed by atoms with E-state index in [1.807, 2.05) is 37.3 Å². The van der Waals surface area contributed by atoms with Crippen LogP contribution in [0, 0.1) is 6.92 Å². The number of fused-ring (bicyclic) bond motifs is 1. The molecule has 1 amide bonds. The van der Waals surface area contributed by atoms with E-state index in [4.69, 9.17) is 0 Å². The Hall–Kier alpha value is -2.82. The molecule has 0 aliphatic carbocycles. The lowest BCUT2D eigenvalue weighted by molar-refractivity contribution is 0.0945. The third kappa shape index (κ3) is 3.02. The molecule has 0 saturated heterocycles. The van der Waals surface area contributed by atoms with Crippen molar-refractivity contribution < 1.29 is 4.79 Å². The third-order valence-corrected chi connectivity index (χ3v) is 3.15. The van der Waals surface area contributed by atoms with Crippen molar-refractivity contribution in [1.82, 2.24) is 20.5 Å². The van der Waals surface area contributed by atoms with E-state index in [0.717, 1.165) is 22.0 Å². The van der Waals surface area contributed by atoms with Gasteiger partial charge in [0.1, 0.15) is 0 Å². The molecule has 2 aromatic heterocycles. The van der Waals surface area contributed by atoms with Crippen molar-refractivity contribution in [2.75, 3.05) is 0 Å². The highest BCUT2D eigenvalue weighted by Gasteiger charge is 2.09. The summed E-state index contributed by atoms with van der Waals surface area (Å²) in [7, 11) is 0. The molecule has 3 rings (SSSR count). The molecule has 5 nitrogen and oxygen atoms in total. The Morgan fingerprint density at radius 3 is 2.90 bits per heavy atom. The second-order valence-electron chi connectivity index (χ2n) is 4.84. The molecule has 0 fully saturated rings. The topological polar surface area (TPSA) is 67.8 Å². The Morgan fingerprint density at radius 1 is 1.19 bits per heavy atom. The Morgan fingerprint density at radius 2 is 2.10 bits per heavy atom. The van der Waals surface area contributed by atoms with Gasteiger partial charge < -0.3 is 5.32 Å². The highest BCUT2D eigenvalue weighted by atomic mass is 16.1.